The van der Waals surface area contributed by atoms with E-state index in [0.29, 0.717) is 11.1 Å². The lowest BCUT2D eigenvalue weighted by molar-refractivity contribution is -0.384. The van der Waals surface area contributed by atoms with Gasteiger partial charge in [0.2, 0.25) is 0 Å². The highest BCUT2D eigenvalue weighted by Gasteiger charge is 2.09. The fraction of sp³-hybridized carbons (Fsp3) is 0. The van der Waals surface area contributed by atoms with E-state index in [1.165, 1.54) is 30.3 Å². The second kappa shape index (κ2) is 6.33. The smallest absolute Gasteiger partial charge is 0.335 e. The Hall–Kier alpha value is -3.46. The van der Waals surface area contributed by atoms with E-state index < -0.39 is 10.9 Å². The Morgan fingerprint density at radius 3 is 2.41 bits per heavy atom. The molecule has 0 atom stereocenters. The van der Waals surface area contributed by atoms with Gasteiger partial charge in [0.1, 0.15) is 0 Å². The molecule has 1 N–H and O–H groups in total. The van der Waals surface area contributed by atoms with Crippen LogP contribution in [0.5, 0.6) is 0 Å². The van der Waals surface area contributed by atoms with Crippen LogP contribution in [-0.4, -0.2) is 16.0 Å². The number of carboxylic acids is 1. The summed E-state index contributed by atoms with van der Waals surface area (Å²) in [5.74, 6) is -1.03. The Morgan fingerprint density at radius 2 is 1.86 bits per heavy atom. The first-order chi connectivity index (χ1) is 10.5. The predicted molar refractivity (Wildman–Crippen MR) is 80.0 cm³/mol. The predicted octanol–water partition coefficient (Wildman–Crippen LogP) is 3.36. The van der Waals surface area contributed by atoms with Crippen LogP contribution in [-0.2, 0) is 0 Å². The van der Waals surface area contributed by atoms with Gasteiger partial charge < -0.3 is 5.11 Å². The Labute approximate surface area is 125 Å². The van der Waals surface area contributed by atoms with Gasteiger partial charge in [-0.1, -0.05) is 24.3 Å². The molecule has 0 saturated carbocycles. The summed E-state index contributed by atoms with van der Waals surface area (Å²) in [5.41, 5.74) is 1.37. The maximum absolute atomic E-state index is 10.8. The van der Waals surface area contributed by atoms with Crippen LogP contribution < -0.4 is 0 Å². The minimum atomic E-state index is -1.03. The van der Waals surface area contributed by atoms with Crippen molar-refractivity contribution in [3.05, 3.63) is 75.3 Å². The highest BCUT2D eigenvalue weighted by Crippen LogP contribution is 2.22. The third-order valence-corrected chi connectivity index (χ3v) is 2.96. The lowest BCUT2D eigenvalue weighted by Gasteiger charge is -2.01. The first-order valence-corrected chi connectivity index (χ1v) is 6.21. The molecule has 0 aliphatic rings. The molecule has 0 aromatic heterocycles. The van der Waals surface area contributed by atoms with Crippen molar-refractivity contribution >= 4 is 23.3 Å². The number of non-ortho nitro benzene ring substituents is 1. The molecule has 0 aliphatic heterocycles. The molecule has 0 amide bonds. The van der Waals surface area contributed by atoms with Crippen LogP contribution in [0, 0.1) is 21.4 Å². The van der Waals surface area contributed by atoms with Gasteiger partial charge in [-0.05, 0) is 29.3 Å². The van der Waals surface area contributed by atoms with Crippen LogP contribution in [0.1, 0.15) is 21.5 Å². The summed E-state index contributed by atoms with van der Waals surface area (Å²) in [7, 11) is 0. The van der Waals surface area contributed by atoms with Crippen molar-refractivity contribution in [1.82, 2.24) is 0 Å². The molecule has 6 heteroatoms. The molecule has 2 aromatic rings. The second-order valence-electron chi connectivity index (χ2n) is 4.40. The Balaban J connectivity index is 2.39. The molecule has 0 bridgehead atoms. The van der Waals surface area contributed by atoms with Gasteiger partial charge in [0.05, 0.1) is 22.1 Å². The van der Waals surface area contributed by atoms with Crippen LogP contribution in [0.3, 0.4) is 0 Å². The molecule has 0 aliphatic carbocycles. The number of carbonyl (C=O) groups is 1. The van der Waals surface area contributed by atoms with E-state index in [2.05, 4.69) is 0 Å². The number of hydrogen-bond acceptors (Lipinski definition) is 4. The minimum absolute atomic E-state index is 0.0973. The maximum Gasteiger partial charge on any atom is 0.335 e. The number of hydrogen-bond donors (Lipinski definition) is 1. The number of nitrogens with zero attached hydrogens (tertiary/aromatic N) is 2. The summed E-state index contributed by atoms with van der Waals surface area (Å²) in [4.78, 5) is 21.0. The van der Waals surface area contributed by atoms with E-state index in [4.69, 9.17) is 5.11 Å². The molecule has 0 saturated heterocycles. The quantitative estimate of drug-likeness (QED) is 0.403. The van der Waals surface area contributed by atoms with Crippen molar-refractivity contribution in [2.45, 2.75) is 0 Å². The molecule has 2 aromatic carbocycles. The highest BCUT2D eigenvalue weighted by molar-refractivity contribution is 5.91. The molecule has 0 radical (unpaired) electrons. The zero-order valence-electron chi connectivity index (χ0n) is 11.3. The Morgan fingerprint density at radius 1 is 1.18 bits per heavy atom. The highest BCUT2D eigenvalue weighted by atomic mass is 16.6. The molecule has 0 unspecified atom stereocenters. The van der Waals surface area contributed by atoms with E-state index in [-0.39, 0.29) is 16.8 Å². The molecule has 108 valence electrons. The number of benzene rings is 2. The number of aromatic carboxylic acids is 1. The minimum Gasteiger partial charge on any atom is -0.478 e. The van der Waals surface area contributed by atoms with Crippen molar-refractivity contribution in [1.29, 1.82) is 5.26 Å². The summed E-state index contributed by atoms with van der Waals surface area (Å²) in [6.45, 7) is 0. The SMILES string of the molecule is N#CC(=Cc1ccc(C(=O)O)cc1)c1cccc([N+](=O)[O-])c1. The van der Waals surface area contributed by atoms with E-state index in [1.807, 2.05) is 6.07 Å². The van der Waals surface area contributed by atoms with E-state index in [1.54, 1.807) is 24.3 Å². The first-order valence-electron chi connectivity index (χ1n) is 6.21. The van der Waals surface area contributed by atoms with Gasteiger partial charge in [-0.25, -0.2) is 4.79 Å². The van der Waals surface area contributed by atoms with Crippen molar-refractivity contribution in [3.63, 3.8) is 0 Å². The summed E-state index contributed by atoms with van der Waals surface area (Å²) < 4.78 is 0. The Kier molecular flexibility index (Phi) is 4.30. The van der Waals surface area contributed by atoms with Crippen molar-refractivity contribution in [3.8, 4) is 6.07 Å². The van der Waals surface area contributed by atoms with E-state index >= 15 is 0 Å². The maximum atomic E-state index is 10.8. The average Bonchev–Trinajstić information content (AvgIpc) is 2.53. The van der Waals surface area contributed by atoms with Gasteiger partial charge in [0.15, 0.2) is 0 Å². The third kappa shape index (κ3) is 3.35. The lowest BCUT2D eigenvalue weighted by atomic mass is 10.0. The molecule has 0 heterocycles. The molecule has 0 spiro atoms. The first kappa shape index (κ1) is 14.9. The second-order valence-corrected chi connectivity index (χ2v) is 4.40. The summed E-state index contributed by atoms with van der Waals surface area (Å²) in [6.07, 6.45) is 1.55. The van der Waals surface area contributed by atoms with Crippen LogP contribution in [0.4, 0.5) is 5.69 Å². The van der Waals surface area contributed by atoms with Gasteiger partial charge in [0, 0.05) is 12.1 Å². The summed E-state index contributed by atoms with van der Waals surface area (Å²) >= 11 is 0. The van der Waals surface area contributed by atoms with Gasteiger partial charge in [0.25, 0.3) is 5.69 Å². The summed E-state index contributed by atoms with van der Waals surface area (Å²) in [6, 6.07) is 13.8. The summed E-state index contributed by atoms with van der Waals surface area (Å²) in [5, 5.41) is 28.8. The van der Waals surface area contributed by atoms with Gasteiger partial charge in [-0.15, -0.1) is 0 Å². The van der Waals surface area contributed by atoms with Crippen LogP contribution in [0.2, 0.25) is 0 Å². The van der Waals surface area contributed by atoms with Crippen molar-refractivity contribution in [2.24, 2.45) is 0 Å². The lowest BCUT2D eigenvalue weighted by Crippen LogP contribution is -1.95. The molecular weight excluding hydrogens is 284 g/mol. The number of nitriles is 1. The zero-order chi connectivity index (χ0) is 16.1. The van der Waals surface area contributed by atoms with Crippen LogP contribution in [0.25, 0.3) is 11.6 Å². The topological polar surface area (TPSA) is 104 Å². The van der Waals surface area contributed by atoms with E-state index in [9.17, 15) is 20.2 Å². The molecule has 22 heavy (non-hydrogen) atoms. The molecular formula is C16H10N2O4. The largest absolute Gasteiger partial charge is 0.478 e. The van der Waals surface area contributed by atoms with Crippen molar-refractivity contribution in [2.75, 3.05) is 0 Å². The van der Waals surface area contributed by atoms with Gasteiger partial charge in [-0.3, -0.25) is 10.1 Å². The number of rotatable bonds is 4. The fourth-order valence-corrected chi connectivity index (χ4v) is 1.86. The average molecular weight is 294 g/mol. The van der Waals surface area contributed by atoms with Crippen LogP contribution in [0.15, 0.2) is 48.5 Å². The van der Waals surface area contributed by atoms with Gasteiger partial charge >= 0.3 is 5.97 Å². The molecule has 6 nitrogen and oxygen atoms in total. The van der Waals surface area contributed by atoms with E-state index in [0.717, 1.165) is 0 Å². The standard InChI is InChI=1S/C16H10N2O4/c17-10-14(13-2-1-3-15(9-13)18(21)22)8-11-4-6-12(7-5-11)16(19)20/h1-9H,(H,19,20). The normalized spacial score (nSPS) is 10.8. The fourth-order valence-electron chi connectivity index (χ4n) is 1.86. The molecule has 0 fully saturated rings. The van der Waals surface area contributed by atoms with Crippen LogP contribution >= 0.6 is 0 Å². The number of allylic oxidation sites excluding steroid dienone is 1. The number of carboxylic acid groups (broad SMARTS) is 1. The van der Waals surface area contributed by atoms with Crippen molar-refractivity contribution < 1.29 is 14.8 Å². The number of nitro groups is 1. The Bertz CT molecular complexity index is 802. The molecule has 2 rings (SSSR count). The van der Waals surface area contributed by atoms with Gasteiger partial charge in [-0.2, -0.15) is 5.26 Å². The third-order valence-electron chi connectivity index (χ3n) is 2.96. The zero-order valence-corrected chi connectivity index (χ0v) is 11.3. The monoisotopic (exact) mass is 294 g/mol. The number of nitro benzene ring substituents is 1.